The van der Waals surface area contributed by atoms with E-state index in [2.05, 4.69) is 16.9 Å². The maximum Gasteiger partial charge on any atom is 0.248 e. The third-order valence-corrected chi connectivity index (χ3v) is 2.47. The number of hydrogen-bond acceptors (Lipinski definition) is 2. The molecule has 0 unspecified atom stereocenters. The van der Waals surface area contributed by atoms with E-state index in [1.165, 1.54) is 12.1 Å². The minimum atomic E-state index is -0.255. The fourth-order valence-corrected chi connectivity index (χ4v) is 1.68. The van der Waals surface area contributed by atoms with Crippen LogP contribution in [-0.4, -0.2) is 10.9 Å². The number of fused-ring (bicyclic) bond motifs is 1. The summed E-state index contributed by atoms with van der Waals surface area (Å²) in [6.45, 7) is 3.69. The number of aromatic nitrogens is 1. The highest BCUT2D eigenvalue weighted by Crippen LogP contribution is 2.13. The standard InChI is InChI=1S/C13H12N2O2/c1-2-12(16)14-8-9-7-13(17)15-11-6-4-3-5-10(9)11/h2-7H,1,8H2,(H,14,16)(H,15,17). The number of nitrogens with one attached hydrogen (secondary N) is 2. The molecule has 0 radical (unpaired) electrons. The normalized spacial score (nSPS) is 10.1. The highest BCUT2D eigenvalue weighted by Gasteiger charge is 2.03. The molecule has 0 spiro atoms. The van der Waals surface area contributed by atoms with E-state index in [1.54, 1.807) is 0 Å². The maximum atomic E-state index is 11.4. The zero-order valence-corrected chi connectivity index (χ0v) is 9.19. The lowest BCUT2D eigenvalue weighted by Crippen LogP contribution is -2.21. The molecule has 2 aromatic rings. The van der Waals surface area contributed by atoms with E-state index >= 15 is 0 Å². The van der Waals surface area contributed by atoms with Gasteiger partial charge in [0.05, 0.1) is 0 Å². The lowest BCUT2D eigenvalue weighted by atomic mass is 10.1. The number of rotatable bonds is 3. The van der Waals surface area contributed by atoms with E-state index in [9.17, 15) is 9.59 Å². The van der Waals surface area contributed by atoms with Crippen molar-refractivity contribution in [3.63, 3.8) is 0 Å². The van der Waals surface area contributed by atoms with Crippen molar-refractivity contribution < 1.29 is 4.79 Å². The van der Waals surface area contributed by atoms with Crippen molar-refractivity contribution in [3.8, 4) is 0 Å². The highest BCUT2D eigenvalue weighted by molar-refractivity contribution is 5.87. The molecule has 0 aliphatic rings. The molecule has 1 heterocycles. The van der Waals surface area contributed by atoms with Crippen LogP contribution in [0.5, 0.6) is 0 Å². The van der Waals surface area contributed by atoms with Gasteiger partial charge in [0, 0.05) is 23.5 Å². The van der Waals surface area contributed by atoms with Crippen LogP contribution in [0, 0.1) is 0 Å². The van der Waals surface area contributed by atoms with Gasteiger partial charge in [-0.15, -0.1) is 0 Å². The van der Waals surface area contributed by atoms with E-state index in [0.717, 1.165) is 16.5 Å². The number of H-pyrrole nitrogens is 1. The van der Waals surface area contributed by atoms with Gasteiger partial charge < -0.3 is 10.3 Å². The van der Waals surface area contributed by atoms with E-state index < -0.39 is 0 Å². The maximum absolute atomic E-state index is 11.4. The second kappa shape index (κ2) is 4.65. The van der Waals surface area contributed by atoms with Crippen molar-refractivity contribution in [2.45, 2.75) is 6.54 Å². The van der Waals surface area contributed by atoms with Crippen LogP contribution in [-0.2, 0) is 11.3 Å². The van der Waals surface area contributed by atoms with Gasteiger partial charge in [-0.2, -0.15) is 0 Å². The first-order chi connectivity index (χ1) is 8.20. The molecule has 1 aromatic heterocycles. The summed E-state index contributed by atoms with van der Waals surface area (Å²) in [7, 11) is 0. The van der Waals surface area contributed by atoms with Gasteiger partial charge in [-0.25, -0.2) is 0 Å². The Balaban J connectivity index is 2.42. The van der Waals surface area contributed by atoms with Crippen molar-refractivity contribution in [1.29, 1.82) is 0 Å². The van der Waals surface area contributed by atoms with Crippen LogP contribution in [0.25, 0.3) is 10.9 Å². The first-order valence-electron chi connectivity index (χ1n) is 5.22. The molecule has 0 bridgehead atoms. The summed E-state index contributed by atoms with van der Waals surface area (Å²) in [5.74, 6) is -0.255. The molecule has 0 atom stereocenters. The minimum Gasteiger partial charge on any atom is -0.348 e. The predicted octanol–water partition coefficient (Wildman–Crippen LogP) is 1.33. The first kappa shape index (κ1) is 11.1. The Morgan fingerprint density at radius 2 is 2.18 bits per heavy atom. The number of carbonyl (C=O) groups is 1. The van der Waals surface area contributed by atoms with Crippen LogP contribution in [0.1, 0.15) is 5.56 Å². The van der Waals surface area contributed by atoms with E-state index in [4.69, 9.17) is 0 Å². The van der Waals surface area contributed by atoms with Crippen LogP contribution in [0.4, 0.5) is 0 Å². The van der Waals surface area contributed by atoms with Crippen molar-refractivity contribution in [2.75, 3.05) is 0 Å². The second-order valence-corrected chi connectivity index (χ2v) is 3.63. The van der Waals surface area contributed by atoms with Crippen molar-refractivity contribution in [3.05, 3.63) is 58.9 Å². The van der Waals surface area contributed by atoms with Gasteiger partial charge in [0.1, 0.15) is 0 Å². The van der Waals surface area contributed by atoms with Crippen molar-refractivity contribution in [1.82, 2.24) is 10.3 Å². The summed E-state index contributed by atoms with van der Waals surface area (Å²) in [5.41, 5.74) is 1.38. The van der Waals surface area contributed by atoms with Gasteiger partial charge in [-0.1, -0.05) is 24.8 Å². The monoisotopic (exact) mass is 228 g/mol. The summed E-state index contributed by atoms with van der Waals surface area (Å²) in [6, 6.07) is 8.96. The molecule has 0 aliphatic carbocycles. The summed E-state index contributed by atoms with van der Waals surface area (Å²) < 4.78 is 0. The van der Waals surface area contributed by atoms with E-state index in [0.29, 0.717) is 6.54 Å². The molecule has 1 amide bonds. The fraction of sp³-hybridized carbons (Fsp3) is 0.0769. The number of aromatic amines is 1. The fourth-order valence-electron chi connectivity index (χ4n) is 1.68. The molecule has 2 N–H and O–H groups in total. The molecule has 2 rings (SSSR count). The lowest BCUT2D eigenvalue weighted by Gasteiger charge is -2.06. The van der Waals surface area contributed by atoms with Gasteiger partial charge in [0.25, 0.3) is 0 Å². The average Bonchev–Trinajstić information content (AvgIpc) is 2.35. The zero-order chi connectivity index (χ0) is 12.3. The topological polar surface area (TPSA) is 62.0 Å². The third kappa shape index (κ3) is 2.42. The predicted molar refractivity (Wildman–Crippen MR) is 66.6 cm³/mol. The molecule has 86 valence electrons. The van der Waals surface area contributed by atoms with E-state index in [1.807, 2.05) is 24.3 Å². The Morgan fingerprint density at radius 3 is 2.94 bits per heavy atom. The average molecular weight is 228 g/mol. The number of para-hydroxylation sites is 1. The Labute approximate surface area is 98.0 Å². The molecule has 4 nitrogen and oxygen atoms in total. The molecule has 17 heavy (non-hydrogen) atoms. The summed E-state index contributed by atoms with van der Waals surface area (Å²) in [4.78, 5) is 25.3. The van der Waals surface area contributed by atoms with Crippen LogP contribution in [0.2, 0.25) is 0 Å². The Hall–Kier alpha value is -2.36. The summed E-state index contributed by atoms with van der Waals surface area (Å²) in [5, 5.41) is 3.59. The highest BCUT2D eigenvalue weighted by atomic mass is 16.1. The third-order valence-electron chi connectivity index (χ3n) is 2.47. The molecule has 4 heteroatoms. The summed E-state index contributed by atoms with van der Waals surface area (Å²) in [6.07, 6.45) is 1.20. The second-order valence-electron chi connectivity index (χ2n) is 3.63. The molecular weight excluding hydrogens is 216 g/mol. The van der Waals surface area contributed by atoms with Gasteiger partial charge in [0.15, 0.2) is 0 Å². The molecule has 1 aromatic carbocycles. The van der Waals surface area contributed by atoms with Crippen molar-refractivity contribution in [2.24, 2.45) is 0 Å². The Bertz CT molecular complexity index is 629. The number of carbonyl (C=O) groups excluding carboxylic acids is 1. The van der Waals surface area contributed by atoms with Gasteiger partial charge in [-0.05, 0) is 17.7 Å². The van der Waals surface area contributed by atoms with Crippen LogP contribution in [0.3, 0.4) is 0 Å². The van der Waals surface area contributed by atoms with E-state index in [-0.39, 0.29) is 11.5 Å². The zero-order valence-electron chi connectivity index (χ0n) is 9.19. The molecular formula is C13H12N2O2. The van der Waals surface area contributed by atoms with Crippen LogP contribution in [0.15, 0.2) is 47.8 Å². The number of hydrogen-bond donors (Lipinski definition) is 2. The SMILES string of the molecule is C=CC(=O)NCc1cc(=O)[nH]c2ccccc12. The number of amides is 1. The quantitative estimate of drug-likeness (QED) is 0.778. The van der Waals surface area contributed by atoms with Gasteiger partial charge >= 0.3 is 0 Å². The largest absolute Gasteiger partial charge is 0.348 e. The lowest BCUT2D eigenvalue weighted by molar-refractivity contribution is -0.116. The molecule has 0 fully saturated rings. The number of pyridine rings is 1. The van der Waals surface area contributed by atoms with Gasteiger partial charge in [0.2, 0.25) is 11.5 Å². The Morgan fingerprint density at radius 1 is 1.41 bits per heavy atom. The van der Waals surface area contributed by atoms with Crippen LogP contribution < -0.4 is 10.9 Å². The molecule has 0 saturated heterocycles. The molecule has 0 aliphatic heterocycles. The summed E-state index contributed by atoms with van der Waals surface area (Å²) >= 11 is 0. The first-order valence-corrected chi connectivity index (χ1v) is 5.22. The van der Waals surface area contributed by atoms with Gasteiger partial charge in [-0.3, -0.25) is 9.59 Å². The van der Waals surface area contributed by atoms with Crippen molar-refractivity contribution >= 4 is 16.8 Å². The van der Waals surface area contributed by atoms with Crippen LogP contribution >= 0.6 is 0 Å². The minimum absolute atomic E-state index is 0.174. The number of benzene rings is 1. The Kier molecular flexibility index (Phi) is 3.05. The molecule has 0 saturated carbocycles. The smallest absolute Gasteiger partial charge is 0.248 e.